The predicted octanol–water partition coefficient (Wildman–Crippen LogP) is 6.28. The number of carbonyl (C=O) groups excluding carboxylic acids is 2. The van der Waals surface area contributed by atoms with Crippen LogP contribution in [0.1, 0.15) is 60.0 Å². The van der Waals surface area contributed by atoms with Gasteiger partial charge in [0.05, 0.1) is 6.04 Å². The lowest BCUT2D eigenvalue weighted by Gasteiger charge is -2.40. The molecule has 212 valence electrons. The van der Waals surface area contributed by atoms with Gasteiger partial charge in [0.1, 0.15) is 5.60 Å². The van der Waals surface area contributed by atoms with Crippen LogP contribution in [0.15, 0.2) is 54.6 Å². The minimum Gasteiger partial charge on any atom is -0.444 e. The van der Waals surface area contributed by atoms with Crippen molar-refractivity contribution in [3.63, 3.8) is 0 Å². The van der Waals surface area contributed by atoms with Crippen LogP contribution in [0.4, 0.5) is 10.5 Å². The Morgan fingerprint density at radius 3 is 2.55 bits per heavy atom. The summed E-state index contributed by atoms with van der Waals surface area (Å²) in [4.78, 5) is 32.2. The number of anilines is 1. The molecular weight excluding hydrogens is 520 g/mol. The van der Waals surface area contributed by atoms with E-state index in [0.717, 1.165) is 23.4 Å². The minimum absolute atomic E-state index is 0.0976. The first-order valence-electron chi connectivity index (χ1n) is 14.2. The van der Waals surface area contributed by atoms with E-state index in [4.69, 9.17) is 4.74 Å². The van der Waals surface area contributed by atoms with Crippen molar-refractivity contribution >= 4 is 29.0 Å². The Morgan fingerprint density at radius 2 is 1.80 bits per heavy atom. The number of rotatable bonds is 8. The van der Waals surface area contributed by atoms with Crippen LogP contribution in [-0.4, -0.2) is 59.6 Å². The highest BCUT2D eigenvalue weighted by atomic mass is 32.1. The third-order valence-electron chi connectivity index (χ3n) is 7.29. The molecule has 0 radical (unpaired) electrons. The Hall–Kier alpha value is -3.36. The standard InChI is InChI=1S/C32H40N4O3S/c1-22-10-11-25(34-26-19-36(20-26)31(38)39-32(2,3)4)17-28(22)30(37)33-18-23-8-7-9-24(16-23)29-13-12-27(40-29)21-35-14-5-6-15-35/h7-13,16-17,26,34H,5-6,14-15,18-21H2,1-4H3,(H,33,37). The van der Waals surface area contributed by atoms with Crippen LogP contribution >= 0.6 is 11.3 Å². The summed E-state index contributed by atoms with van der Waals surface area (Å²) in [7, 11) is 0. The van der Waals surface area contributed by atoms with E-state index in [1.54, 1.807) is 4.90 Å². The van der Waals surface area contributed by atoms with Gasteiger partial charge in [-0.2, -0.15) is 0 Å². The van der Waals surface area contributed by atoms with E-state index in [2.05, 4.69) is 51.9 Å². The van der Waals surface area contributed by atoms with Gasteiger partial charge in [-0.05, 0) is 101 Å². The van der Waals surface area contributed by atoms with Crippen molar-refractivity contribution in [2.45, 2.75) is 65.3 Å². The quantitative estimate of drug-likeness (QED) is 0.339. The van der Waals surface area contributed by atoms with Gasteiger partial charge in [0.15, 0.2) is 0 Å². The molecular formula is C32H40N4O3S. The lowest BCUT2D eigenvalue weighted by Crippen LogP contribution is -2.57. The number of benzene rings is 2. The van der Waals surface area contributed by atoms with Crippen molar-refractivity contribution in [3.8, 4) is 10.4 Å². The summed E-state index contributed by atoms with van der Waals surface area (Å²) in [6, 6.07) is 18.8. The fourth-order valence-electron chi connectivity index (χ4n) is 5.13. The van der Waals surface area contributed by atoms with Crippen molar-refractivity contribution in [2.24, 2.45) is 0 Å². The third-order valence-corrected chi connectivity index (χ3v) is 8.41. The average molecular weight is 561 g/mol. The number of amides is 2. The lowest BCUT2D eigenvalue weighted by molar-refractivity contribution is 0.0105. The second kappa shape index (κ2) is 12.0. The zero-order valence-corrected chi connectivity index (χ0v) is 24.8. The first-order valence-corrected chi connectivity index (χ1v) is 15.0. The van der Waals surface area contributed by atoms with E-state index in [1.807, 2.05) is 57.2 Å². The number of hydrogen-bond donors (Lipinski definition) is 2. The summed E-state index contributed by atoms with van der Waals surface area (Å²) < 4.78 is 5.43. The lowest BCUT2D eigenvalue weighted by atomic mass is 10.0. The Bertz CT molecular complexity index is 1350. The molecule has 0 aliphatic carbocycles. The van der Waals surface area contributed by atoms with Crippen molar-refractivity contribution < 1.29 is 14.3 Å². The largest absolute Gasteiger partial charge is 0.444 e. The molecule has 7 nitrogen and oxygen atoms in total. The van der Waals surface area contributed by atoms with Gasteiger partial charge >= 0.3 is 6.09 Å². The van der Waals surface area contributed by atoms with Gasteiger partial charge in [0, 0.05) is 47.2 Å². The molecule has 2 aliphatic rings. The number of nitrogens with zero attached hydrogens (tertiary/aromatic N) is 2. The van der Waals surface area contributed by atoms with E-state index in [1.165, 1.54) is 41.2 Å². The number of carbonyl (C=O) groups is 2. The van der Waals surface area contributed by atoms with E-state index < -0.39 is 5.60 Å². The molecule has 0 saturated carbocycles. The Kier molecular flexibility index (Phi) is 8.47. The van der Waals surface area contributed by atoms with E-state index in [-0.39, 0.29) is 18.0 Å². The smallest absolute Gasteiger partial charge is 0.410 e. The zero-order chi connectivity index (χ0) is 28.3. The molecule has 40 heavy (non-hydrogen) atoms. The normalized spacial score (nSPS) is 16.1. The maximum Gasteiger partial charge on any atom is 0.410 e. The van der Waals surface area contributed by atoms with Crippen LogP contribution in [0.25, 0.3) is 10.4 Å². The van der Waals surface area contributed by atoms with Crippen LogP contribution in [0, 0.1) is 6.92 Å². The van der Waals surface area contributed by atoms with Crippen molar-refractivity contribution in [3.05, 3.63) is 76.2 Å². The number of ether oxygens (including phenoxy) is 1. The molecule has 0 atom stereocenters. The molecule has 0 bridgehead atoms. The number of likely N-dealkylation sites (tertiary alicyclic amines) is 2. The Labute approximate surface area is 241 Å². The van der Waals surface area contributed by atoms with Crippen molar-refractivity contribution in [1.82, 2.24) is 15.1 Å². The molecule has 3 aromatic rings. The summed E-state index contributed by atoms with van der Waals surface area (Å²) in [5.74, 6) is -0.0976. The van der Waals surface area contributed by atoms with Gasteiger partial charge in [0.2, 0.25) is 0 Å². The SMILES string of the molecule is Cc1ccc(NC2CN(C(=O)OC(C)(C)C)C2)cc1C(=O)NCc1cccc(-c2ccc(CN3CCCC3)s2)c1. The third kappa shape index (κ3) is 7.23. The van der Waals surface area contributed by atoms with Gasteiger partial charge in [-0.15, -0.1) is 11.3 Å². The van der Waals surface area contributed by atoms with Crippen LogP contribution < -0.4 is 10.6 Å². The van der Waals surface area contributed by atoms with Gasteiger partial charge < -0.3 is 20.3 Å². The maximum absolute atomic E-state index is 13.1. The molecule has 2 amide bonds. The van der Waals surface area contributed by atoms with Gasteiger partial charge in [-0.1, -0.05) is 24.3 Å². The van der Waals surface area contributed by atoms with Crippen LogP contribution in [0.3, 0.4) is 0 Å². The highest BCUT2D eigenvalue weighted by molar-refractivity contribution is 7.15. The topological polar surface area (TPSA) is 73.9 Å². The van der Waals surface area contributed by atoms with Crippen LogP contribution in [0.5, 0.6) is 0 Å². The first-order chi connectivity index (χ1) is 19.1. The first kappa shape index (κ1) is 28.2. The van der Waals surface area contributed by atoms with Crippen molar-refractivity contribution in [2.75, 3.05) is 31.5 Å². The molecule has 0 spiro atoms. The van der Waals surface area contributed by atoms with E-state index >= 15 is 0 Å². The summed E-state index contributed by atoms with van der Waals surface area (Å²) in [5.41, 5.74) is 4.20. The molecule has 2 aromatic carbocycles. The average Bonchev–Trinajstić information content (AvgIpc) is 3.57. The number of nitrogens with one attached hydrogen (secondary N) is 2. The molecule has 5 rings (SSSR count). The summed E-state index contributed by atoms with van der Waals surface area (Å²) >= 11 is 1.86. The molecule has 8 heteroatoms. The molecule has 3 heterocycles. The van der Waals surface area contributed by atoms with Gasteiger partial charge in [-0.25, -0.2) is 4.79 Å². The monoisotopic (exact) mass is 560 g/mol. The van der Waals surface area contributed by atoms with Crippen molar-refractivity contribution in [1.29, 1.82) is 0 Å². The Balaban J connectivity index is 1.15. The second-order valence-corrected chi connectivity index (χ2v) is 13.1. The van der Waals surface area contributed by atoms with E-state index in [9.17, 15) is 9.59 Å². The fraction of sp³-hybridized carbons (Fsp3) is 0.438. The zero-order valence-electron chi connectivity index (χ0n) is 24.0. The highest BCUT2D eigenvalue weighted by Gasteiger charge is 2.33. The van der Waals surface area contributed by atoms with Crippen LogP contribution in [0.2, 0.25) is 0 Å². The Morgan fingerprint density at radius 1 is 1.02 bits per heavy atom. The highest BCUT2D eigenvalue weighted by Crippen LogP contribution is 2.30. The maximum atomic E-state index is 13.1. The van der Waals surface area contributed by atoms with Gasteiger partial charge in [-0.3, -0.25) is 9.69 Å². The number of aryl methyl sites for hydroxylation is 1. The predicted molar refractivity (Wildman–Crippen MR) is 162 cm³/mol. The summed E-state index contributed by atoms with van der Waals surface area (Å²) in [6.07, 6.45) is 2.32. The molecule has 2 N–H and O–H groups in total. The second-order valence-electron chi connectivity index (χ2n) is 11.9. The molecule has 2 aliphatic heterocycles. The molecule has 1 aromatic heterocycles. The van der Waals surface area contributed by atoms with E-state index in [0.29, 0.717) is 25.2 Å². The fourth-order valence-corrected chi connectivity index (χ4v) is 6.18. The summed E-state index contributed by atoms with van der Waals surface area (Å²) in [6.45, 7) is 12.6. The minimum atomic E-state index is -0.503. The molecule has 0 unspecified atom stereocenters. The summed E-state index contributed by atoms with van der Waals surface area (Å²) in [5, 5.41) is 6.54. The van der Waals surface area contributed by atoms with Crippen LogP contribution in [-0.2, 0) is 17.8 Å². The molecule has 2 saturated heterocycles. The number of thiophene rings is 1. The molecule has 2 fully saturated rings. The number of hydrogen-bond acceptors (Lipinski definition) is 6. The van der Waals surface area contributed by atoms with Gasteiger partial charge in [0.25, 0.3) is 5.91 Å².